The zero-order valence-corrected chi connectivity index (χ0v) is 13.4. The van der Waals surface area contributed by atoms with Crippen molar-refractivity contribution in [2.45, 2.75) is 0 Å². The van der Waals surface area contributed by atoms with Crippen LogP contribution in [0, 0.1) is 0 Å². The van der Waals surface area contributed by atoms with E-state index < -0.39 is 0 Å². The van der Waals surface area contributed by atoms with Gasteiger partial charge in [0.25, 0.3) is 0 Å². The van der Waals surface area contributed by atoms with Crippen molar-refractivity contribution in [3.05, 3.63) is 71.8 Å². The van der Waals surface area contributed by atoms with E-state index in [0.717, 1.165) is 47.0 Å². The van der Waals surface area contributed by atoms with E-state index in [9.17, 15) is 4.79 Å². The van der Waals surface area contributed by atoms with Crippen LogP contribution in [0.25, 0.3) is 11.0 Å². The molecule has 1 aromatic heterocycles. The number of fused-ring (bicyclic) bond motifs is 4. The second-order valence-electron chi connectivity index (χ2n) is 6.06. The predicted octanol–water partition coefficient (Wildman–Crippen LogP) is 2.77. The van der Waals surface area contributed by atoms with Gasteiger partial charge in [0.05, 0.1) is 29.6 Å². The summed E-state index contributed by atoms with van der Waals surface area (Å²) in [6.45, 7) is 1.51. The van der Waals surface area contributed by atoms with E-state index in [1.807, 2.05) is 36.4 Å². The van der Waals surface area contributed by atoms with Crippen LogP contribution in [0.15, 0.2) is 65.7 Å². The number of benzene rings is 2. The molecule has 3 heterocycles. The van der Waals surface area contributed by atoms with Crippen LogP contribution in [0.3, 0.4) is 0 Å². The summed E-state index contributed by atoms with van der Waals surface area (Å²) < 4.78 is 0. The zero-order chi connectivity index (χ0) is 16.8. The summed E-state index contributed by atoms with van der Waals surface area (Å²) in [4.78, 5) is 26.7. The molecule has 0 spiro atoms. The lowest BCUT2D eigenvalue weighted by atomic mass is 10.1. The molecular formula is C19H15N5O. The van der Waals surface area contributed by atoms with E-state index in [1.54, 1.807) is 18.5 Å². The fourth-order valence-electron chi connectivity index (χ4n) is 3.32. The highest BCUT2D eigenvalue weighted by molar-refractivity contribution is 6.11. The Hall–Kier alpha value is -3.41. The van der Waals surface area contributed by atoms with Crippen LogP contribution in [0.1, 0.15) is 15.9 Å². The van der Waals surface area contributed by atoms with Gasteiger partial charge in [-0.05, 0) is 30.3 Å². The molecule has 0 amide bonds. The van der Waals surface area contributed by atoms with E-state index in [1.165, 1.54) is 0 Å². The van der Waals surface area contributed by atoms with Gasteiger partial charge in [0.1, 0.15) is 11.7 Å². The van der Waals surface area contributed by atoms with E-state index in [4.69, 9.17) is 0 Å². The quantitative estimate of drug-likeness (QED) is 0.560. The number of allylic oxidation sites excluding steroid dienone is 1. The Balaban J connectivity index is 1.54. The highest BCUT2D eigenvalue weighted by Gasteiger charge is 2.29. The first-order chi connectivity index (χ1) is 12.3. The molecule has 0 atom stereocenters. The van der Waals surface area contributed by atoms with Crippen molar-refractivity contribution in [1.82, 2.24) is 14.9 Å². The molecule has 0 aliphatic carbocycles. The molecule has 0 fully saturated rings. The Morgan fingerprint density at radius 1 is 1.20 bits per heavy atom. The van der Waals surface area contributed by atoms with E-state index >= 15 is 0 Å². The number of aromatic amines is 1. The standard InChI is InChI=1S/C19H15N5O/c25-17(12-5-6-15-16(9-12)22-11-21-15)10-18-23-14-4-2-1-3-13(14)19-20-7-8-24(18)19/h1-6,9-11,23H,7-8H2,(H,21,22). The van der Waals surface area contributed by atoms with Crippen molar-refractivity contribution in [3.8, 4) is 0 Å². The molecule has 0 unspecified atom stereocenters. The molecule has 2 N–H and O–H groups in total. The lowest BCUT2D eigenvalue weighted by Crippen LogP contribution is -2.36. The fraction of sp³-hybridized carbons (Fsp3) is 0.105. The number of aromatic nitrogens is 2. The second kappa shape index (κ2) is 5.31. The highest BCUT2D eigenvalue weighted by Crippen LogP contribution is 2.29. The first-order valence-electron chi connectivity index (χ1n) is 8.17. The number of carbonyl (C=O) groups is 1. The topological polar surface area (TPSA) is 73.4 Å². The van der Waals surface area contributed by atoms with Crippen LogP contribution in [0.4, 0.5) is 5.69 Å². The SMILES string of the molecule is O=C(C=C1Nc2ccccc2C2=NCCN12)c1ccc2nc[nH]c2c1. The molecule has 6 heteroatoms. The first kappa shape index (κ1) is 14.0. The molecule has 5 rings (SSSR count). The molecule has 2 aliphatic heterocycles. The van der Waals surface area contributed by atoms with Gasteiger partial charge in [-0.1, -0.05) is 12.1 Å². The van der Waals surface area contributed by atoms with Crippen LogP contribution in [-0.2, 0) is 0 Å². The molecule has 25 heavy (non-hydrogen) atoms. The highest BCUT2D eigenvalue weighted by atomic mass is 16.1. The number of amidine groups is 1. The van der Waals surface area contributed by atoms with Crippen LogP contribution in [-0.4, -0.2) is 39.6 Å². The normalized spacial score (nSPS) is 17.2. The van der Waals surface area contributed by atoms with Gasteiger partial charge in [-0.15, -0.1) is 0 Å². The molecule has 2 aliphatic rings. The molecule has 122 valence electrons. The van der Waals surface area contributed by atoms with Gasteiger partial charge in [0.15, 0.2) is 5.78 Å². The van der Waals surface area contributed by atoms with E-state index in [0.29, 0.717) is 5.56 Å². The third-order valence-electron chi connectivity index (χ3n) is 4.53. The number of carbonyl (C=O) groups excluding carboxylic acids is 1. The Bertz CT molecular complexity index is 1060. The monoisotopic (exact) mass is 329 g/mol. The van der Waals surface area contributed by atoms with Crippen LogP contribution in [0.5, 0.6) is 0 Å². The van der Waals surface area contributed by atoms with E-state index in [-0.39, 0.29) is 5.78 Å². The maximum Gasteiger partial charge on any atom is 0.189 e. The minimum absolute atomic E-state index is 0.0513. The van der Waals surface area contributed by atoms with Crippen LogP contribution >= 0.6 is 0 Å². The van der Waals surface area contributed by atoms with Gasteiger partial charge in [-0.3, -0.25) is 9.79 Å². The summed E-state index contributed by atoms with van der Waals surface area (Å²) in [6, 6.07) is 13.5. The smallest absolute Gasteiger partial charge is 0.189 e. The maximum atomic E-state index is 12.8. The Morgan fingerprint density at radius 3 is 3.08 bits per heavy atom. The molecule has 6 nitrogen and oxygen atoms in total. The summed E-state index contributed by atoms with van der Waals surface area (Å²) in [7, 11) is 0. The first-order valence-corrected chi connectivity index (χ1v) is 8.17. The van der Waals surface area contributed by atoms with Crippen molar-refractivity contribution in [3.63, 3.8) is 0 Å². The molecule has 0 saturated carbocycles. The minimum atomic E-state index is -0.0513. The van der Waals surface area contributed by atoms with Gasteiger partial charge in [-0.25, -0.2) is 4.98 Å². The number of hydrogen-bond acceptors (Lipinski definition) is 5. The van der Waals surface area contributed by atoms with Gasteiger partial charge >= 0.3 is 0 Å². The van der Waals surface area contributed by atoms with Gasteiger partial charge < -0.3 is 15.2 Å². The average Bonchev–Trinajstić information content (AvgIpc) is 3.30. The minimum Gasteiger partial charge on any atom is -0.345 e. The molecular weight excluding hydrogens is 314 g/mol. The summed E-state index contributed by atoms with van der Waals surface area (Å²) >= 11 is 0. The summed E-state index contributed by atoms with van der Waals surface area (Å²) in [5, 5.41) is 3.37. The van der Waals surface area contributed by atoms with E-state index in [2.05, 4.69) is 25.2 Å². The third kappa shape index (κ3) is 2.22. The number of aliphatic imine (C=N–C) groups is 1. The van der Waals surface area contributed by atoms with Gasteiger partial charge in [0.2, 0.25) is 0 Å². The lowest BCUT2D eigenvalue weighted by molar-refractivity contribution is 0.104. The number of imidazole rings is 1. The molecule has 2 aromatic carbocycles. The van der Waals surface area contributed by atoms with Crippen molar-refractivity contribution in [1.29, 1.82) is 0 Å². The van der Waals surface area contributed by atoms with Gasteiger partial charge in [-0.2, -0.15) is 0 Å². The average molecular weight is 329 g/mol. The summed E-state index contributed by atoms with van der Waals surface area (Å²) in [5.41, 5.74) is 4.38. The Kier molecular flexibility index (Phi) is 2.97. The largest absolute Gasteiger partial charge is 0.345 e. The lowest BCUT2D eigenvalue weighted by Gasteiger charge is -2.31. The predicted molar refractivity (Wildman–Crippen MR) is 96.7 cm³/mol. The number of rotatable bonds is 2. The number of nitrogens with one attached hydrogen (secondary N) is 2. The number of anilines is 1. The summed E-state index contributed by atoms with van der Waals surface area (Å²) in [5.74, 6) is 1.65. The second-order valence-corrected chi connectivity index (χ2v) is 6.06. The zero-order valence-electron chi connectivity index (χ0n) is 13.4. The summed E-state index contributed by atoms with van der Waals surface area (Å²) in [6.07, 6.45) is 3.28. The number of hydrogen-bond donors (Lipinski definition) is 2. The van der Waals surface area contributed by atoms with Crippen molar-refractivity contribution >= 4 is 28.3 Å². The number of ketones is 1. The molecule has 0 radical (unpaired) electrons. The maximum absolute atomic E-state index is 12.8. The number of para-hydroxylation sites is 1. The Morgan fingerprint density at radius 2 is 2.12 bits per heavy atom. The van der Waals surface area contributed by atoms with Crippen molar-refractivity contribution in [2.24, 2.45) is 4.99 Å². The van der Waals surface area contributed by atoms with Crippen LogP contribution < -0.4 is 5.32 Å². The number of H-pyrrole nitrogens is 1. The van der Waals surface area contributed by atoms with Crippen LogP contribution in [0.2, 0.25) is 0 Å². The molecule has 3 aromatic rings. The Labute approximate surface area is 143 Å². The van der Waals surface area contributed by atoms with Gasteiger partial charge in [0, 0.05) is 23.7 Å². The van der Waals surface area contributed by atoms with Crippen molar-refractivity contribution < 1.29 is 4.79 Å². The number of nitrogens with zero attached hydrogens (tertiary/aromatic N) is 3. The van der Waals surface area contributed by atoms with Crippen molar-refractivity contribution in [2.75, 3.05) is 18.4 Å². The fourth-order valence-corrected chi connectivity index (χ4v) is 3.32. The molecule has 0 bridgehead atoms. The molecule has 0 saturated heterocycles. The third-order valence-corrected chi connectivity index (χ3v) is 4.53.